The first kappa shape index (κ1) is 15.6. The van der Waals surface area contributed by atoms with Gasteiger partial charge in [0.1, 0.15) is 0 Å². The topological polar surface area (TPSA) is 34.1 Å². The highest BCUT2D eigenvalue weighted by Crippen LogP contribution is 2.30. The lowest BCUT2D eigenvalue weighted by molar-refractivity contribution is 0.492. The van der Waals surface area contributed by atoms with E-state index in [-0.39, 0.29) is 11.2 Å². The standard InChI is InChI=1S/C11H20O2P2S2/c1-3-8(2)10(17(12,13)11(14)15)7-9-5-4-6-16-9/h4-6,8,10-11H,3,7,14-15H2,1-2H3/t8-,10-/m1/s1. The highest BCUT2D eigenvalue weighted by molar-refractivity contribution is 8.00. The SMILES string of the molecule is CC[C@@H](C)[C@@H](Cc1cccs1)S(=O)(=O)C(P)P. The monoisotopic (exact) mass is 310 g/mol. The van der Waals surface area contributed by atoms with Crippen molar-refractivity contribution in [2.24, 2.45) is 5.92 Å². The van der Waals surface area contributed by atoms with Crippen LogP contribution in [0.3, 0.4) is 0 Å². The van der Waals surface area contributed by atoms with Gasteiger partial charge in [-0.1, -0.05) is 26.3 Å². The summed E-state index contributed by atoms with van der Waals surface area (Å²) in [6.07, 6.45) is 1.52. The van der Waals surface area contributed by atoms with Gasteiger partial charge in [0.25, 0.3) is 0 Å². The summed E-state index contributed by atoms with van der Waals surface area (Å²) in [6, 6.07) is 3.98. The molecule has 0 spiro atoms. The summed E-state index contributed by atoms with van der Waals surface area (Å²) in [7, 11) is 1.66. The Hall–Kier alpha value is 0.510. The molecule has 4 atom stereocenters. The number of rotatable bonds is 6. The van der Waals surface area contributed by atoms with Crippen LogP contribution in [0.2, 0.25) is 0 Å². The molecule has 1 heterocycles. The van der Waals surface area contributed by atoms with E-state index >= 15 is 0 Å². The van der Waals surface area contributed by atoms with Crippen LogP contribution >= 0.6 is 29.8 Å². The quantitative estimate of drug-likeness (QED) is 0.756. The van der Waals surface area contributed by atoms with Gasteiger partial charge in [-0.25, -0.2) is 8.42 Å². The van der Waals surface area contributed by atoms with Gasteiger partial charge < -0.3 is 0 Å². The fraction of sp³-hybridized carbons (Fsp3) is 0.636. The molecule has 1 aromatic rings. The van der Waals surface area contributed by atoms with E-state index in [9.17, 15) is 8.42 Å². The van der Waals surface area contributed by atoms with Crippen LogP contribution in [0.15, 0.2) is 17.5 Å². The molecule has 0 bridgehead atoms. The van der Waals surface area contributed by atoms with Crippen LogP contribution in [0.5, 0.6) is 0 Å². The molecule has 0 N–H and O–H groups in total. The molecule has 0 aliphatic rings. The van der Waals surface area contributed by atoms with Gasteiger partial charge in [0.05, 0.1) is 9.98 Å². The normalized spacial score (nSPS) is 16.1. The van der Waals surface area contributed by atoms with Gasteiger partial charge in [-0.15, -0.1) is 29.8 Å². The van der Waals surface area contributed by atoms with E-state index in [0.717, 1.165) is 11.3 Å². The van der Waals surface area contributed by atoms with Crippen LogP contribution in [0, 0.1) is 5.92 Å². The Balaban J connectivity index is 2.97. The van der Waals surface area contributed by atoms with E-state index in [1.807, 2.05) is 31.4 Å². The molecule has 0 saturated carbocycles. The average molecular weight is 310 g/mol. The van der Waals surface area contributed by atoms with Crippen molar-refractivity contribution in [1.82, 2.24) is 0 Å². The average Bonchev–Trinajstić information content (AvgIpc) is 2.77. The van der Waals surface area contributed by atoms with Crippen molar-refractivity contribution in [2.45, 2.75) is 36.7 Å². The van der Waals surface area contributed by atoms with Crippen LogP contribution in [0.25, 0.3) is 0 Å². The third kappa shape index (κ3) is 3.99. The number of sulfone groups is 1. The van der Waals surface area contributed by atoms with Crippen molar-refractivity contribution >= 4 is 39.7 Å². The van der Waals surface area contributed by atoms with Crippen LogP contribution in [-0.4, -0.2) is 18.4 Å². The van der Waals surface area contributed by atoms with Gasteiger partial charge in [0.2, 0.25) is 0 Å². The molecule has 0 aliphatic carbocycles. The minimum atomic E-state index is -3.09. The minimum absolute atomic E-state index is 0.186. The van der Waals surface area contributed by atoms with Crippen molar-refractivity contribution in [2.75, 3.05) is 0 Å². The second kappa shape index (κ2) is 6.61. The third-order valence-corrected chi connectivity index (χ3v) is 8.47. The molecule has 2 unspecified atom stereocenters. The number of hydrogen-bond donors (Lipinski definition) is 0. The summed E-state index contributed by atoms with van der Waals surface area (Å²) < 4.78 is 24.2. The van der Waals surface area contributed by atoms with Crippen LogP contribution in [-0.2, 0) is 16.3 Å². The lowest BCUT2D eigenvalue weighted by Crippen LogP contribution is -2.33. The first-order valence-corrected chi connectivity index (χ1v) is 9.48. The Morgan fingerprint density at radius 2 is 2.06 bits per heavy atom. The summed E-state index contributed by atoms with van der Waals surface area (Å²) in [5.41, 5.74) is 0. The Labute approximate surface area is 113 Å². The second-order valence-electron chi connectivity index (χ2n) is 4.26. The highest BCUT2D eigenvalue weighted by atomic mass is 32.2. The van der Waals surface area contributed by atoms with E-state index in [4.69, 9.17) is 0 Å². The molecule has 0 amide bonds. The molecule has 0 fully saturated rings. The van der Waals surface area contributed by atoms with Crippen molar-refractivity contribution in [3.05, 3.63) is 22.4 Å². The molecule has 1 aromatic heterocycles. The third-order valence-electron chi connectivity index (χ3n) is 3.06. The number of hydrogen-bond acceptors (Lipinski definition) is 3. The lowest BCUT2D eigenvalue weighted by atomic mass is 10.0. The maximum absolute atomic E-state index is 12.3. The Morgan fingerprint density at radius 3 is 2.47 bits per heavy atom. The maximum Gasteiger partial charge on any atom is 0.163 e. The Kier molecular flexibility index (Phi) is 6.05. The molecule has 0 aliphatic heterocycles. The molecule has 17 heavy (non-hydrogen) atoms. The van der Waals surface area contributed by atoms with E-state index in [0.29, 0.717) is 6.42 Å². The molecule has 1 rings (SSSR count). The lowest BCUT2D eigenvalue weighted by Gasteiger charge is -2.24. The number of thiophene rings is 1. The zero-order chi connectivity index (χ0) is 13.1. The Morgan fingerprint density at radius 1 is 1.41 bits per heavy atom. The van der Waals surface area contributed by atoms with Crippen LogP contribution in [0.1, 0.15) is 25.1 Å². The second-order valence-corrected chi connectivity index (χ2v) is 10.8. The van der Waals surface area contributed by atoms with E-state index in [1.54, 1.807) is 11.3 Å². The van der Waals surface area contributed by atoms with Gasteiger partial charge >= 0.3 is 0 Å². The summed E-state index contributed by atoms with van der Waals surface area (Å²) in [4.78, 5) is 1.15. The smallest absolute Gasteiger partial charge is 0.163 e. The predicted molar refractivity (Wildman–Crippen MR) is 83.4 cm³/mol. The summed E-state index contributed by atoms with van der Waals surface area (Å²) in [5.74, 6) is 0.186. The van der Waals surface area contributed by atoms with Gasteiger partial charge in [-0.2, -0.15) is 0 Å². The van der Waals surface area contributed by atoms with Crippen LogP contribution in [0.4, 0.5) is 0 Å². The molecular formula is C11H20O2P2S2. The molecule has 6 heteroatoms. The van der Waals surface area contributed by atoms with Crippen molar-refractivity contribution in [1.29, 1.82) is 0 Å². The predicted octanol–water partition coefficient (Wildman–Crippen LogP) is 3.15. The van der Waals surface area contributed by atoms with Crippen molar-refractivity contribution in [3.63, 3.8) is 0 Å². The van der Waals surface area contributed by atoms with Gasteiger partial charge in [-0.05, 0) is 23.8 Å². The summed E-state index contributed by atoms with van der Waals surface area (Å²) in [5, 5.41) is 1.71. The fourth-order valence-electron chi connectivity index (χ4n) is 1.73. The first-order valence-electron chi connectivity index (χ1n) is 5.65. The van der Waals surface area contributed by atoms with Gasteiger partial charge in [-0.3, -0.25) is 0 Å². The molecule has 2 nitrogen and oxygen atoms in total. The molecule has 0 saturated heterocycles. The highest BCUT2D eigenvalue weighted by Gasteiger charge is 2.32. The van der Waals surface area contributed by atoms with Crippen LogP contribution < -0.4 is 0 Å². The summed E-state index contributed by atoms with van der Waals surface area (Å²) in [6.45, 7) is 4.07. The molecule has 0 radical (unpaired) electrons. The van der Waals surface area contributed by atoms with Gasteiger partial charge in [0.15, 0.2) is 9.84 Å². The largest absolute Gasteiger partial charge is 0.228 e. The van der Waals surface area contributed by atoms with E-state index < -0.39 is 14.6 Å². The zero-order valence-corrected chi connectivity index (χ0v) is 14.1. The molecule has 98 valence electrons. The first-order chi connectivity index (χ1) is 7.89. The van der Waals surface area contributed by atoms with E-state index in [1.165, 1.54) is 0 Å². The van der Waals surface area contributed by atoms with Crippen molar-refractivity contribution < 1.29 is 8.42 Å². The summed E-state index contributed by atoms with van der Waals surface area (Å²) >= 11 is 1.63. The Bertz CT molecular complexity index is 426. The molecule has 0 aromatic carbocycles. The van der Waals surface area contributed by atoms with Crippen molar-refractivity contribution in [3.8, 4) is 0 Å². The van der Waals surface area contributed by atoms with Gasteiger partial charge in [0, 0.05) is 4.88 Å². The zero-order valence-electron chi connectivity index (χ0n) is 10.2. The van der Waals surface area contributed by atoms with E-state index in [2.05, 4.69) is 18.5 Å². The minimum Gasteiger partial charge on any atom is -0.228 e. The molecular weight excluding hydrogens is 290 g/mol. The fourth-order valence-corrected chi connectivity index (χ4v) is 5.47. The maximum atomic E-state index is 12.3.